The summed E-state index contributed by atoms with van der Waals surface area (Å²) in [6.07, 6.45) is 1.75. The van der Waals surface area contributed by atoms with Gasteiger partial charge in [-0.2, -0.15) is 0 Å². The Kier molecular flexibility index (Phi) is 6.37. The summed E-state index contributed by atoms with van der Waals surface area (Å²) in [6, 6.07) is 19.1. The number of carbonyl (C=O) groups is 2. The minimum absolute atomic E-state index is 0.0220. The average molecular weight is 474 g/mol. The standard InChI is InChI=1S/C27H27N3O5/c31-25(32)12-13-29-24-15-19(26(33)28-16-21-8-4-14-35-21)10-11-23(24)30(27(29)34)17-20-7-3-6-18-5-1-2-9-22(18)20/h1-3,5-7,9-11,15,21H,4,8,12-14,16-17H2,(H,28,33)(H,31,32). The van der Waals surface area contributed by atoms with E-state index in [0.717, 1.165) is 29.2 Å². The lowest BCUT2D eigenvalue weighted by molar-refractivity contribution is -0.137. The zero-order chi connectivity index (χ0) is 24.4. The van der Waals surface area contributed by atoms with E-state index in [1.54, 1.807) is 22.8 Å². The lowest BCUT2D eigenvalue weighted by atomic mass is 10.0. The Bertz CT molecular complexity index is 1460. The predicted octanol–water partition coefficient (Wildman–Crippen LogP) is 3.39. The highest BCUT2D eigenvalue weighted by molar-refractivity contribution is 5.97. The number of imidazole rings is 1. The molecule has 0 bridgehead atoms. The van der Waals surface area contributed by atoms with Crippen molar-refractivity contribution < 1.29 is 19.4 Å². The van der Waals surface area contributed by atoms with Gasteiger partial charge in [-0.15, -0.1) is 0 Å². The van der Waals surface area contributed by atoms with E-state index in [9.17, 15) is 19.5 Å². The Morgan fingerprint density at radius 2 is 1.86 bits per heavy atom. The number of rotatable bonds is 8. The molecule has 0 saturated carbocycles. The van der Waals surface area contributed by atoms with Crippen molar-refractivity contribution in [3.05, 3.63) is 82.3 Å². The number of benzene rings is 3. The third-order valence-electron chi connectivity index (χ3n) is 6.55. The normalized spacial score (nSPS) is 15.6. The van der Waals surface area contributed by atoms with Crippen LogP contribution in [0.2, 0.25) is 0 Å². The number of amides is 1. The molecule has 2 heterocycles. The quantitative estimate of drug-likeness (QED) is 0.408. The van der Waals surface area contributed by atoms with Gasteiger partial charge in [-0.3, -0.25) is 18.7 Å². The van der Waals surface area contributed by atoms with Gasteiger partial charge in [-0.25, -0.2) is 4.79 Å². The van der Waals surface area contributed by atoms with E-state index in [-0.39, 0.29) is 30.7 Å². The summed E-state index contributed by atoms with van der Waals surface area (Å²) >= 11 is 0. The molecule has 1 aliphatic rings. The summed E-state index contributed by atoms with van der Waals surface area (Å²) < 4.78 is 8.67. The van der Waals surface area contributed by atoms with Crippen molar-refractivity contribution in [2.45, 2.75) is 38.5 Å². The number of nitrogens with zero attached hydrogens (tertiary/aromatic N) is 2. The highest BCUT2D eigenvalue weighted by Crippen LogP contribution is 2.22. The first-order valence-corrected chi connectivity index (χ1v) is 11.8. The molecule has 0 spiro atoms. The summed E-state index contributed by atoms with van der Waals surface area (Å²) in [6.45, 7) is 1.51. The fourth-order valence-corrected chi connectivity index (χ4v) is 4.75. The molecule has 1 aromatic heterocycles. The number of carboxylic acid groups (broad SMARTS) is 1. The third kappa shape index (κ3) is 4.70. The van der Waals surface area contributed by atoms with Crippen LogP contribution in [0.25, 0.3) is 21.8 Å². The average Bonchev–Trinajstić information content (AvgIpc) is 3.48. The van der Waals surface area contributed by atoms with Crippen LogP contribution >= 0.6 is 0 Å². The van der Waals surface area contributed by atoms with Gasteiger partial charge in [0.15, 0.2) is 0 Å². The number of hydrogen-bond acceptors (Lipinski definition) is 4. The Labute approximate surface area is 201 Å². The Morgan fingerprint density at radius 1 is 1.03 bits per heavy atom. The minimum atomic E-state index is -0.989. The van der Waals surface area contributed by atoms with Gasteiger partial charge in [0.25, 0.3) is 5.91 Å². The van der Waals surface area contributed by atoms with Crippen LogP contribution in [0.4, 0.5) is 0 Å². The van der Waals surface area contributed by atoms with Crippen LogP contribution in [0.5, 0.6) is 0 Å². The molecule has 180 valence electrons. The van der Waals surface area contributed by atoms with Crippen molar-refractivity contribution in [2.75, 3.05) is 13.2 Å². The molecule has 0 aliphatic carbocycles. The van der Waals surface area contributed by atoms with Crippen molar-refractivity contribution >= 4 is 33.7 Å². The molecule has 35 heavy (non-hydrogen) atoms. The molecular formula is C27H27N3O5. The fraction of sp³-hybridized carbons (Fsp3) is 0.296. The van der Waals surface area contributed by atoms with Crippen LogP contribution in [0.15, 0.2) is 65.5 Å². The zero-order valence-electron chi connectivity index (χ0n) is 19.3. The predicted molar refractivity (Wildman–Crippen MR) is 133 cm³/mol. The minimum Gasteiger partial charge on any atom is -0.481 e. The van der Waals surface area contributed by atoms with Crippen LogP contribution in [-0.2, 0) is 22.6 Å². The van der Waals surface area contributed by atoms with Gasteiger partial charge in [-0.05, 0) is 47.4 Å². The maximum atomic E-state index is 13.4. The fourth-order valence-electron chi connectivity index (χ4n) is 4.75. The Morgan fingerprint density at radius 3 is 2.66 bits per heavy atom. The summed E-state index contributed by atoms with van der Waals surface area (Å²) in [5.74, 6) is -1.24. The van der Waals surface area contributed by atoms with Crippen molar-refractivity contribution in [3.63, 3.8) is 0 Å². The van der Waals surface area contributed by atoms with Crippen molar-refractivity contribution in [3.8, 4) is 0 Å². The van der Waals surface area contributed by atoms with Crippen molar-refractivity contribution in [1.82, 2.24) is 14.5 Å². The second kappa shape index (κ2) is 9.76. The van der Waals surface area contributed by atoms with Gasteiger partial charge in [0.2, 0.25) is 0 Å². The number of ether oxygens (including phenoxy) is 1. The van der Waals surface area contributed by atoms with E-state index in [4.69, 9.17) is 4.74 Å². The first kappa shape index (κ1) is 22.9. The molecule has 5 rings (SSSR count). The highest BCUT2D eigenvalue weighted by Gasteiger charge is 2.19. The van der Waals surface area contributed by atoms with Gasteiger partial charge in [0.05, 0.1) is 30.1 Å². The van der Waals surface area contributed by atoms with Gasteiger partial charge >= 0.3 is 11.7 Å². The molecule has 3 aromatic carbocycles. The number of aliphatic carboxylic acids is 1. The summed E-state index contributed by atoms with van der Waals surface area (Å²) in [5, 5.41) is 14.3. The molecule has 8 nitrogen and oxygen atoms in total. The van der Waals surface area contributed by atoms with E-state index >= 15 is 0 Å². The SMILES string of the molecule is O=C(O)CCn1c(=O)n(Cc2cccc3ccccc23)c2ccc(C(=O)NCC3CCCO3)cc21. The molecule has 1 amide bonds. The first-order chi connectivity index (χ1) is 17.0. The third-order valence-corrected chi connectivity index (χ3v) is 6.55. The number of carbonyl (C=O) groups excluding carboxylic acids is 1. The van der Waals surface area contributed by atoms with Crippen LogP contribution < -0.4 is 11.0 Å². The number of aromatic nitrogens is 2. The lowest BCUT2D eigenvalue weighted by Gasteiger charge is -2.11. The van der Waals surface area contributed by atoms with Crippen LogP contribution in [-0.4, -0.2) is 45.4 Å². The van der Waals surface area contributed by atoms with Gasteiger partial charge < -0.3 is 15.2 Å². The Hall–Kier alpha value is -3.91. The molecule has 4 aromatic rings. The molecular weight excluding hydrogens is 446 g/mol. The van der Waals surface area contributed by atoms with Crippen LogP contribution in [0.3, 0.4) is 0 Å². The van der Waals surface area contributed by atoms with E-state index in [0.29, 0.717) is 36.3 Å². The maximum Gasteiger partial charge on any atom is 0.329 e. The van der Waals surface area contributed by atoms with Crippen molar-refractivity contribution in [2.24, 2.45) is 0 Å². The molecule has 0 radical (unpaired) electrons. The number of carboxylic acids is 1. The summed E-state index contributed by atoms with van der Waals surface area (Å²) in [4.78, 5) is 37.5. The van der Waals surface area contributed by atoms with Gasteiger partial charge in [-0.1, -0.05) is 42.5 Å². The second-order valence-electron chi connectivity index (χ2n) is 8.85. The molecule has 1 aliphatic heterocycles. The van der Waals surface area contributed by atoms with Crippen LogP contribution in [0.1, 0.15) is 35.2 Å². The molecule has 1 saturated heterocycles. The largest absolute Gasteiger partial charge is 0.481 e. The van der Waals surface area contributed by atoms with E-state index in [2.05, 4.69) is 5.32 Å². The number of aryl methyl sites for hydroxylation is 1. The molecule has 2 N–H and O–H groups in total. The highest BCUT2D eigenvalue weighted by atomic mass is 16.5. The molecule has 1 unspecified atom stereocenters. The monoisotopic (exact) mass is 473 g/mol. The smallest absolute Gasteiger partial charge is 0.329 e. The van der Waals surface area contributed by atoms with Gasteiger partial charge in [0, 0.05) is 25.3 Å². The van der Waals surface area contributed by atoms with Gasteiger partial charge in [0.1, 0.15) is 0 Å². The van der Waals surface area contributed by atoms with Crippen LogP contribution in [0, 0.1) is 0 Å². The first-order valence-electron chi connectivity index (χ1n) is 11.8. The number of fused-ring (bicyclic) bond motifs is 2. The maximum absolute atomic E-state index is 13.4. The number of hydrogen-bond donors (Lipinski definition) is 2. The van der Waals surface area contributed by atoms with E-state index < -0.39 is 5.97 Å². The molecule has 8 heteroatoms. The lowest BCUT2D eigenvalue weighted by Crippen LogP contribution is -2.31. The zero-order valence-corrected chi connectivity index (χ0v) is 19.3. The topological polar surface area (TPSA) is 103 Å². The molecule has 1 fully saturated rings. The van der Waals surface area contributed by atoms with E-state index in [1.807, 2.05) is 42.5 Å². The summed E-state index contributed by atoms with van der Waals surface area (Å²) in [5.41, 5.74) is 2.30. The second-order valence-corrected chi connectivity index (χ2v) is 8.85. The number of nitrogens with one attached hydrogen (secondary N) is 1. The Balaban J connectivity index is 1.52. The molecule has 1 atom stereocenters. The van der Waals surface area contributed by atoms with E-state index in [1.165, 1.54) is 4.57 Å². The summed E-state index contributed by atoms with van der Waals surface area (Å²) in [7, 11) is 0. The van der Waals surface area contributed by atoms with Crippen molar-refractivity contribution in [1.29, 1.82) is 0 Å².